The van der Waals surface area contributed by atoms with Crippen molar-refractivity contribution in [1.82, 2.24) is 0 Å². The van der Waals surface area contributed by atoms with Crippen molar-refractivity contribution in [3.63, 3.8) is 0 Å². The lowest BCUT2D eigenvalue weighted by Gasteiger charge is -2.05. The standard InChI is InChI=1S/C18H17NO4/c1-22-17(20)16(12-14-8-4-2-5-9-14)19-18(21)23-13-15-10-6-3-7-11-15/h2-11H,12-13H2,1H3. The summed E-state index contributed by atoms with van der Waals surface area (Å²) in [4.78, 5) is 27.3. The average molecular weight is 311 g/mol. The van der Waals surface area contributed by atoms with Crippen molar-refractivity contribution in [1.29, 1.82) is 0 Å². The van der Waals surface area contributed by atoms with E-state index < -0.39 is 12.1 Å². The van der Waals surface area contributed by atoms with E-state index in [0.717, 1.165) is 11.1 Å². The fourth-order valence-corrected chi connectivity index (χ4v) is 1.93. The van der Waals surface area contributed by atoms with Gasteiger partial charge in [0.15, 0.2) is 0 Å². The van der Waals surface area contributed by atoms with Crippen LogP contribution in [0.15, 0.2) is 65.7 Å². The van der Waals surface area contributed by atoms with E-state index in [4.69, 9.17) is 4.74 Å². The maximum Gasteiger partial charge on any atom is 0.434 e. The van der Waals surface area contributed by atoms with Gasteiger partial charge in [-0.3, -0.25) is 0 Å². The summed E-state index contributed by atoms with van der Waals surface area (Å²) in [5.41, 5.74) is 1.71. The minimum Gasteiger partial charge on any atom is -0.465 e. The van der Waals surface area contributed by atoms with E-state index in [2.05, 4.69) is 9.73 Å². The van der Waals surface area contributed by atoms with Gasteiger partial charge in [-0.05, 0) is 11.1 Å². The number of hydrogen-bond donors (Lipinski definition) is 0. The fourth-order valence-electron chi connectivity index (χ4n) is 1.93. The largest absolute Gasteiger partial charge is 0.465 e. The Morgan fingerprint density at radius 1 is 0.913 bits per heavy atom. The molecule has 0 fully saturated rings. The molecule has 2 aromatic rings. The number of hydrogen-bond acceptors (Lipinski definition) is 4. The van der Waals surface area contributed by atoms with E-state index in [-0.39, 0.29) is 18.7 Å². The van der Waals surface area contributed by atoms with E-state index in [9.17, 15) is 9.59 Å². The van der Waals surface area contributed by atoms with Crippen LogP contribution < -0.4 is 0 Å². The number of nitrogens with zero attached hydrogens (tertiary/aromatic N) is 1. The molecule has 1 amide bonds. The molecular formula is C18H17NO4. The molecule has 0 aliphatic carbocycles. The molecule has 0 N–H and O–H groups in total. The summed E-state index contributed by atoms with van der Waals surface area (Å²) in [7, 11) is 1.25. The molecule has 0 aliphatic heterocycles. The Bertz CT molecular complexity index is 681. The van der Waals surface area contributed by atoms with Crippen molar-refractivity contribution < 1.29 is 19.1 Å². The summed E-state index contributed by atoms with van der Waals surface area (Å²) in [6, 6.07) is 18.5. The van der Waals surface area contributed by atoms with Crippen molar-refractivity contribution in [2.45, 2.75) is 13.0 Å². The Morgan fingerprint density at radius 3 is 2.04 bits per heavy atom. The maximum atomic E-state index is 11.8. The fraction of sp³-hybridized carbons (Fsp3) is 0.167. The number of carbonyl (C=O) groups excluding carboxylic acids is 2. The van der Waals surface area contributed by atoms with Crippen molar-refractivity contribution in [3.8, 4) is 0 Å². The Morgan fingerprint density at radius 2 is 1.48 bits per heavy atom. The highest BCUT2D eigenvalue weighted by molar-refractivity contribution is 6.38. The highest BCUT2D eigenvalue weighted by Crippen LogP contribution is 2.05. The quantitative estimate of drug-likeness (QED) is 0.628. The molecule has 5 heteroatoms. The van der Waals surface area contributed by atoms with Gasteiger partial charge in [-0.1, -0.05) is 60.7 Å². The molecule has 0 aromatic heterocycles. The second kappa shape index (κ2) is 8.48. The minimum absolute atomic E-state index is 0.0109. The number of carbonyl (C=O) groups is 2. The summed E-state index contributed by atoms with van der Waals surface area (Å²) in [5, 5.41) is 0. The Labute approximate surface area is 134 Å². The molecule has 0 spiro atoms. The first-order chi connectivity index (χ1) is 11.2. The number of ether oxygens (including phenoxy) is 2. The topological polar surface area (TPSA) is 65.0 Å². The number of benzene rings is 2. The lowest BCUT2D eigenvalue weighted by atomic mass is 10.1. The lowest BCUT2D eigenvalue weighted by Crippen LogP contribution is -2.20. The van der Waals surface area contributed by atoms with Crippen molar-refractivity contribution >= 4 is 17.8 Å². The number of amides is 1. The van der Waals surface area contributed by atoms with Gasteiger partial charge in [0.1, 0.15) is 12.3 Å². The third-order valence-electron chi connectivity index (χ3n) is 3.07. The zero-order chi connectivity index (χ0) is 16.5. The molecule has 0 unspecified atom stereocenters. The molecule has 2 rings (SSSR count). The number of aliphatic imine (C=N–C) groups is 1. The van der Waals surface area contributed by atoms with Crippen molar-refractivity contribution in [2.24, 2.45) is 4.99 Å². The third-order valence-corrected chi connectivity index (χ3v) is 3.07. The molecule has 0 saturated heterocycles. The van der Waals surface area contributed by atoms with Crippen molar-refractivity contribution in [3.05, 3.63) is 71.8 Å². The van der Waals surface area contributed by atoms with E-state index >= 15 is 0 Å². The van der Waals surface area contributed by atoms with Gasteiger partial charge in [-0.2, -0.15) is 4.99 Å². The molecule has 0 heterocycles. The third kappa shape index (κ3) is 5.39. The van der Waals surface area contributed by atoms with Crippen LogP contribution in [0.1, 0.15) is 11.1 Å². The first-order valence-corrected chi connectivity index (χ1v) is 7.09. The van der Waals surface area contributed by atoms with Gasteiger partial charge < -0.3 is 9.47 Å². The maximum absolute atomic E-state index is 11.8. The zero-order valence-electron chi connectivity index (χ0n) is 12.8. The smallest absolute Gasteiger partial charge is 0.434 e. The van der Waals surface area contributed by atoms with E-state index in [0.29, 0.717) is 0 Å². The summed E-state index contributed by atoms with van der Waals surface area (Å²) >= 11 is 0. The van der Waals surface area contributed by atoms with Crippen LogP contribution in [0.25, 0.3) is 0 Å². The molecule has 0 atom stereocenters. The molecule has 23 heavy (non-hydrogen) atoms. The highest BCUT2D eigenvalue weighted by atomic mass is 16.5. The van der Waals surface area contributed by atoms with E-state index in [1.165, 1.54) is 7.11 Å². The lowest BCUT2D eigenvalue weighted by molar-refractivity contribution is -0.132. The number of rotatable bonds is 5. The second-order valence-corrected chi connectivity index (χ2v) is 4.75. The molecule has 0 radical (unpaired) electrons. The molecule has 118 valence electrons. The minimum atomic E-state index is -0.815. The van der Waals surface area contributed by atoms with Crippen LogP contribution in [0.3, 0.4) is 0 Å². The number of methoxy groups -OCH3 is 1. The van der Waals surface area contributed by atoms with Gasteiger partial charge in [0.05, 0.1) is 7.11 Å². The van der Waals surface area contributed by atoms with Gasteiger partial charge in [0.25, 0.3) is 0 Å². The van der Waals surface area contributed by atoms with Gasteiger partial charge in [0.2, 0.25) is 0 Å². The van der Waals surface area contributed by atoms with Crippen LogP contribution in [0.4, 0.5) is 4.79 Å². The van der Waals surface area contributed by atoms with Gasteiger partial charge >= 0.3 is 12.1 Å². The predicted molar refractivity (Wildman–Crippen MR) is 86.2 cm³/mol. The average Bonchev–Trinajstić information content (AvgIpc) is 2.60. The SMILES string of the molecule is COC(=O)C(Cc1ccccc1)=NC(=O)OCc1ccccc1. The van der Waals surface area contributed by atoms with Gasteiger partial charge in [0, 0.05) is 6.42 Å². The monoisotopic (exact) mass is 311 g/mol. The first kappa shape index (κ1) is 16.4. The summed E-state index contributed by atoms with van der Waals surface area (Å²) < 4.78 is 9.73. The molecule has 0 aliphatic rings. The normalized spacial score (nSPS) is 10.9. The summed E-state index contributed by atoms with van der Waals surface area (Å²) in [6.45, 7) is 0.100. The molecule has 2 aromatic carbocycles. The number of esters is 1. The van der Waals surface area contributed by atoms with E-state index in [1.807, 2.05) is 60.7 Å². The van der Waals surface area contributed by atoms with E-state index in [1.54, 1.807) is 0 Å². The summed E-state index contributed by atoms with van der Waals surface area (Å²) in [6.07, 6.45) is -0.612. The van der Waals surface area contributed by atoms with Crippen LogP contribution >= 0.6 is 0 Å². The van der Waals surface area contributed by atoms with Crippen LogP contribution in [-0.4, -0.2) is 24.9 Å². The summed E-state index contributed by atoms with van der Waals surface area (Å²) in [5.74, 6) is -0.648. The Kier molecular flexibility index (Phi) is 6.06. The van der Waals surface area contributed by atoms with Crippen molar-refractivity contribution in [2.75, 3.05) is 7.11 Å². The first-order valence-electron chi connectivity index (χ1n) is 7.09. The Hall–Kier alpha value is -2.95. The molecule has 0 saturated carbocycles. The predicted octanol–water partition coefficient (Wildman–Crippen LogP) is 3.18. The van der Waals surface area contributed by atoms with Crippen LogP contribution in [-0.2, 0) is 27.3 Å². The second-order valence-electron chi connectivity index (χ2n) is 4.75. The molecule has 0 bridgehead atoms. The zero-order valence-corrected chi connectivity index (χ0v) is 12.8. The Balaban J connectivity index is 2.03. The van der Waals surface area contributed by atoms with Gasteiger partial charge in [-0.25, -0.2) is 9.59 Å². The highest BCUT2D eigenvalue weighted by Gasteiger charge is 2.15. The van der Waals surface area contributed by atoms with Crippen LogP contribution in [0.5, 0.6) is 0 Å². The van der Waals surface area contributed by atoms with Crippen LogP contribution in [0, 0.1) is 0 Å². The van der Waals surface area contributed by atoms with Crippen LogP contribution in [0.2, 0.25) is 0 Å². The van der Waals surface area contributed by atoms with Gasteiger partial charge in [-0.15, -0.1) is 0 Å². The molecule has 5 nitrogen and oxygen atoms in total. The molecular weight excluding hydrogens is 294 g/mol.